The summed E-state index contributed by atoms with van der Waals surface area (Å²) >= 11 is 1.54. The fourth-order valence-electron chi connectivity index (χ4n) is 3.07. The van der Waals surface area contributed by atoms with Crippen molar-refractivity contribution >= 4 is 44.8 Å². The number of hydrogen-bond acceptors (Lipinski definition) is 6. The van der Waals surface area contributed by atoms with E-state index in [-0.39, 0.29) is 16.1 Å². The van der Waals surface area contributed by atoms with Gasteiger partial charge < -0.3 is 15.7 Å². The number of amides is 1. The number of rotatable bonds is 5. The van der Waals surface area contributed by atoms with Gasteiger partial charge in [-0.3, -0.25) is 9.52 Å². The first-order chi connectivity index (χ1) is 14.8. The van der Waals surface area contributed by atoms with Gasteiger partial charge in [0, 0.05) is 21.8 Å². The zero-order valence-corrected chi connectivity index (χ0v) is 18.2. The number of aliphatic hydroxyl groups is 1. The van der Waals surface area contributed by atoms with Crippen LogP contribution in [0, 0.1) is 0 Å². The van der Waals surface area contributed by atoms with Crippen molar-refractivity contribution in [1.82, 2.24) is 0 Å². The molecule has 2 atom stereocenters. The summed E-state index contributed by atoms with van der Waals surface area (Å²) in [6.45, 7) is 1.92. The van der Waals surface area contributed by atoms with Crippen molar-refractivity contribution in [3.63, 3.8) is 0 Å². The van der Waals surface area contributed by atoms with Gasteiger partial charge in [0.15, 0.2) is 0 Å². The number of thioether (sulfide) groups is 1. The molecular formula is C22H21N3O4S2. The lowest BCUT2D eigenvalue weighted by molar-refractivity contribution is 0.102. The van der Waals surface area contributed by atoms with Gasteiger partial charge in [0.1, 0.15) is 6.23 Å². The molecule has 1 amide bonds. The quantitative estimate of drug-likeness (QED) is 0.464. The third kappa shape index (κ3) is 4.84. The number of carbonyl (C=O) groups excluding carboxylic acids is 1. The van der Waals surface area contributed by atoms with Crippen molar-refractivity contribution in [1.29, 1.82) is 0 Å². The van der Waals surface area contributed by atoms with E-state index in [2.05, 4.69) is 15.4 Å². The van der Waals surface area contributed by atoms with Crippen LogP contribution in [0.25, 0.3) is 0 Å². The van der Waals surface area contributed by atoms with E-state index >= 15 is 0 Å². The fourth-order valence-corrected chi connectivity index (χ4v) is 5.12. The number of anilines is 3. The molecule has 0 aromatic heterocycles. The Morgan fingerprint density at radius 2 is 1.71 bits per heavy atom. The lowest BCUT2D eigenvalue weighted by Gasteiger charge is -2.28. The van der Waals surface area contributed by atoms with Gasteiger partial charge in [-0.2, -0.15) is 0 Å². The highest BCUT2D eigenvalue weighted by molar-refractivity contribution is 8.00. The number of carbonyl (C=O) groups is 1. The van der Waals surface area contributed by atoms with Crippen molar-refractivity contribution in [3.8, 4) is 0 Å². The van der Waals surface area contributed by atoms with E-state index in [0.29, 0.717) is 22.6 Å². The summed E-state index contributed by atoms with van der Waals surface area (Å²) in [5, 5.41) is 15.8. The molecule has 4 rings (SSSR count). The molecule has 9 heteroatoms. The van der Waals surface area contributed by atoms with Crippen LogP contribution in [-0.2, 0) is 10.0 Å². The summed E-state index contributed by atoms with van der Waals surface area (Å²) in [5.74, 6) is -0.333. The average molecular weight is 456 g/mol. The maximum Gasteiger partial charge on any atom is 0.261 e. The van der Waals surface area contributed by atoms with Crippen LogP contribution in [0.15, 0.2) is 82.6 Å². The summed E-state index contributed by atoms with van der Waals surface area (Å²) in [6.07, 6.45) is -0.685. The number of sulfonamides is 1. The summed E-state index contributed by atoms with van der Waals surface area (Å²) in [7, 11) is -3.73. The standard InChI is InChI=1S/C22H21N3O4S2/c1-14-21(26)24-19-13-15(7-12-20(19)30-14)22(27)23-16-8-10-18(11-9-16)31(28,29)25-17-5-3-2-4-6-17/h2-14,21,24-26H,1H3,(H,23,27)/t14-,21?/m1/s1. The highest BCUT2D eigenvalue weighted by Gasteiger charge is 2.24. The Bertz CT molecular complexity index is 1200. The van der Waals surface area contributed by atoms with E-state index in [0.717, 1.165) is 4.90 Å². The van der Waals surface area contributed by atoms with Crippen LogP contribution in [-0.4, -0.2) is 30.9 Å². The average Bonchev–Trinajstić information content (AvgIpc) is 2.75. The number of aliphatic hydroxyl groups excluding tert-OH is 1. The second-order valence-electron chi connectivity index (χ2n) is 7.07. The van der Waals surface area contributed by atoms with Gasteiger partial charge >= 0.3 is 0 Å². The van der Waals surface area contributed by atoms with Crippen molar-refractivity contribution in [2.45, 2.75) is 28.2 Å². The normalized spacial score (nSPS) is 17.9. The summed E-state index contributed by atoms with van der Waals surface area (Å²) < 4.78 is 27.5. The minimum Gasteiger partial charge on any atom is -0.373 e. The Morgan fingerprint density at radius 3 is 2.42 bits per heavy atom. The molecule has 0 bridgehead atoms. The van der Waals surface area contributed by atoms with Crippen LogP contribution < -0.4 is 15.4 Å². The first-order valence-corrected chi connectivity index (χ1v) is 11.9. The molecule has 3 aromatic carbocycles. The zero-order valence-electron chi connectivity index (χ0n) is 16.6. The van der Waals surface area contributed by atoms with Crippen molar-refractivity contribution in [3.05, 3.63) is 78.4 Å². The molecule has 160 valence electrons. The SMILES string of the molecule is C[C@H]1Sc2ccc(C(=O)Nc3ccc(S(=O)(=O)Nc4ccccc4)cc3)cc2NC1O. The van der Waals surface area contributed by atoms with Gasteiger partial charge in [-0.1, -0.05) is 18.2 Å². The first kappa shape index (κ1) is 21.2. The lowest BCUT2D eigenvalue weighted by atomic mass is 10.1. The molecule has 4 N–H and O–H groups in total. The van der Waals surface area contributed by atoms with E-state index in [4.69, 9.17) is 0 Å². The Morgan fingerprint density at radius 1 is 1.00 bits per heavy atom. The fraction of sp³-hybridized carbons (Fsp3) is 0.136. The molecular weight excluding hydrogens is 434 g/mol. The maximum absolute atomic E-state index is 12.6. The molecule has 0 radical (unpaired) electrons. The monoisotopic (exact) mass is 455 g/mol. The predicted octanol–water partition coefficient (Wildman–Crippen LogP) is 3.96. The molecule has 0 saturated carbocycles. The molecule has 7 nitrogen and oxygen atoms in total. The Labute approximate surface area is 184 Å². The third-order valence-electron chi connectivity index (χ3n) is 4.75. The molecule has 0 aliphatic carbocycles. The smallest absolute Gasteiger partial charge is 0.261 e. The molecule has 3 aromatic rings. The maximum atomic E-state index is 12.6. The molecule has 0 saturated heterocycles. The molecule has 1 aliphatic rings. The lowest BCUT2D eigenvalue weighted by Crippen LogP contribution is -2.32. The summed E-state index contributed by atoms with van der Waals surface area (Å²) in [4.78, 5) is 13.7. The highest BCUT2D eigenvalue weighted by Crippen LogP contribution is 2.37. The Balaban J connectivity index is 1.46. The molecule has 1 aliphatic heterocycles. The minimum absolute atomic E-state index is 0.0124. The third-order valence-corrected chi connectivity index (χ3v) is 7.39. The topological polar surface area (TPSA) is 108 Å². The molecule has 0 spiro atoms. The number of para-hydroxylation sites is 1. The first-order valence-electron chi connectivity index (χ1n) is 9.56. The van der Waals surface area contributed by atoms with E-state index in [1.54, 1.807) is 54.2 Å². The van der Waals surface area contributed by atoms with Crippen molar-refractivity contribution in [2.75, 3.05) is 15.4 Å². The summed E-state index contributed by atoms with van der Waals surface area (Å²) in [5.41, 5.74) is 2.07. The number of nitrogens with one attached hydrogen (secondary N) is 3. The molecule has 1 unspecified atom stereocenters. The number of hydrogen-bond donors (Lipinski definition) is 4. The van der Waals surface area contributed by atoms with Crippen LogP contribution in [0.4, 0.5) is 17.1 Å². The predicted molar refractivity (Wildman–Crippen MR) is 123 cm³/mol. The second kappa shape index (κ2) is 8.62. The van der Waals surface area contributed by atoms with E-state index in [1.165, 1.54) is 24.3 Å². The summed E-state index contributed by atoms with van der Waals surface area (Å²) in [6, 6.07) is 19.8. The second-order valence-corrected chi connectivity index (χ2v) is 10.2. The zero-order chi connectivity index (χ0) is 22.0. The Kier molecular flexibility index (Phi) is 5.90. The van der Waals surface area contributed by atoms with Gasteiger partial charge in [0.2, 0.25) is 0 Å². The van der Waals surface area contributed by atoms with Crippen LogP contribution in [0.1, 0.15) is 17.3 Å². The molecule has 1 heterocycles. The molecule has 31 heavy (non-hydrogen) atoms. The van der Waals surface area contributed by atoms with Gasteiger partial charge in [0.25, 0.3) is 15.9 Å². The van der Waals surface area contributed by atoms with E-state index in [9.17, 15) is 18.3 Å². The minimum atomic E-state index is -3.73. The largest absolute Gasteiger partial charge is 0.373 e. The van der Waals surface area contributed by atoms with Gasteiger partial charge in [0.05, 0.1) is 15.8 Å². The van der Waals surface area contributed by atoms with E-state index in [1.807, 2.05) is 13.0 Å². The van der Waals surface area contributed by atoms with Gasteiger partial charge in [-0.15, -0.1) is 11.8 Å². The van der Waals surface area contributed by atoms with Crippen LogP contribution in [0.2, 0.25) is 0 Å². The van der Waals surface area contributed by atoms with Crippen molar-refractivity contribution in [2.24, 2.45) is 0 Å². The van der Waals surface area contributed by atoms with Crippen LogP contribution in [0.3, 0.4) is 0 Å². The van der Waals surface area contributed by atoms with Gasteiger partial charge in [-0.25, -0.2) is 8.42 Å². The van der Waals surface area contributed by atoms with E-state index < -0.39 is 16.3 Å². The van der Waals surface area contributed by atoms with Crippen molar-refractivity contribution < 1.29 is 18.3 Å². The van der Waals surface area contributed by atoms with Crippen LogP contribution >= 0.6 is 11.8 Å². The Hall–Kier alpha value is -3.01. The highest BCUT2D eigenvalue weighted by atomic mass is 32.2. The number of fused-ring (bicyclic) bond motifs is 1. The van der Waals surface area contributed by atoms with Crippen LogP contribution in [0.5, 0.6) is 0 Å². The number of benzene rings is 3. The molecule has 0 fully saturated rings. The van der Waals surface area contributed by atoms with Gasteiger partial charge in [-0.05, 0) is 61.5 Å².